The summed E-state index contributed by atoms with van der Waals surface area (Å²) in [6, 6.07) is 9.90. The molecule has 1 saturated carbocycles. The zero-order valence-corrected chi connectivity index (χ0v) is 22.2. The highest BCUT2D eigenvalue weighted by Crippen LogP contribution is 2.54. The van der Waals surface area contributed by atoms with Gasteiger partial charge >= 0.3 is 0 Å². The van der Waals surface area contributed by atoms with Crippen molar-refractivity contribution in [3.05, 3.63) is 70.6 Å². The molecule has 1 aliphatic heterocycles. The normalized spacial score (nSPS) is 18.7. The molecule has 1 N–H and O–H groups in total. The fourth-order valence-corrected chi connectivity index (χ4v) is 4.48. The summed E-state index contributed by atoms with van der Waals surface area (Å²) in [5, 5.41) is 12.0. The predicted molar refractivity (Wildman–Crippen MR) is 146 cm³/mol. The highest BCUT2D eigenvalue weighted by atomic mass is 15.2. The maximum atomic E-state index is 8.58. The monoisotopic (exact) mass is 460 g/mol. The van der Waals surface area contributed by atoms with Gasteiger partial charge in [-0.3, -0.25) is 4.99 Å². The third-order valence-corrected chi connectivity index (χ3v) is 6.73. The summed E-state index contributed by atoms with van der Waals surface area (Å²) in [6.45, 7) is 17.6. The number of allylic oxidation sites excluding steroid dienone is 5. The molecule has 3 rings (SSSR count). The molecule has 0 aromatic heterocycles. The molecule has 0 bridgehead atoms. The largest absolute Gasteiger partial charge is 0.372 e. The number of nitrogens with one attached hydrogen (secondary N) is 1. The summed E-state index contributed by atoms with van der Waals surface area (Å²) in [7, 11) is 0. The van der Waals surface area contributed by atoms with Crippen molar-refractivity contribution in [3.8, 4) is 6.07 Å². The second-order valence-electron chi connectivity index (χ2n) is 9.53. The van der Waals surface area contributed by atoms with Gasteiger partial charge in [0.15, 0.2) is 0 Å². The van der Waals surface area contributed by atoms with E-state index in [2.05, 4.69) is 76.0 Å². The topological polar surface area (TPSA) is 51.4 Å². The van der Waals surface area contributed by atoms with E-state index < -0.39 is 0 Å². The molecule has 1 saturated heterocycles. The standard InChI is InChI=1S/C20H33N3.C10H11N/c1-6-8-11-22-16(3)19(18(7-2)20(5)9-10-20)17(4)23-14-12-21-13-15-23;1-2-4-9-5-3-6-10(7-9)8-11/h7-8,11,21H,6,9-10,12-15H2,1-5H3;3,5-7H,2,4H2,1H3/b11-8+,18-7+,19-17-,22-16+;. The first-order valence-corrected chi connectivity index (χ1v) is 12.9. The minimum Gasteiger partial charge on any atom is -0.372 e. The first kappa shape index (κ1) is 27.6. The first-order chi connectivity index (χ1) is 16.4. The molecule has 4 nitrogen and oxygen atoms in total. The number of nitriles is 1. The third-order valence-electron chi connectivity index (χ3n) is 6.73. The predicted octanol–water partition coefficient (Wildman–Crippen LogP) is 6.81. The summed E-state index contributed by atoms with van der Waals surface area (Å²) in [6.07, 6.45) is 12.2. The van der Waals surface area contributed by atoms with Gasteiger partial charge < -0.3 is 10.2 Å². The Hall–Kier alpha value is -2.64. The number of aliphatic imine (C=N–C) groups is 1. The van der Waals surface area contributed by atoms with Crippen molar-refractivity contribution in [1.82, 2.24) is 10.2 Å². The molecule has 34 heavy (non-hydrogen) atoms. The van der Waals surface area contributed by atoms with E-state index in [9.17, 15) is 0 Å². The van der Waals surface area contributed by atoms with Crippen LogP contribution in [-0.2, 0) is 6.42 Å². The molecule has 0 spiro atoms. The van der Waals surface area contributed by atoms with Crippen LogP contribution in [-0.4, -0.2) is 36.8 Å². The van der Waals surface area contributed by atoms with Gasteiger partial charge in [-0.15, -0.1) is 0 Å². The molecule has 1 aromatic rings. The van der Waals surface area contributed by atoms with Crippen molar-refractivity contribution in [3.63, 3.8) is 0 Å². The second-order valence-corrected chi connectivity index (χ2v) is 9.53. The number of hydrogen-bond acceptors (Lipinski definition) is 4. The van der Waals surface area contributed by atoms with Crippen molar-refractivity contribution in [2.45, 2.75) is 73.6 Å². The van der Waals surface area contributed by atoms with Crippen LogP contribution in [0.3, 0.4) is 0 Å². The van der Waals surface area contributed by atoms with E-state index in [0.29, 0.717) is 5.41 Å². The Labute approximate surface area is 208 Å². The Balaban J connectivity index is 0.000000310. The van der Waals surface area contributed by atoms with Gasteiger partial charge in [0.05, 0.1) is 11.6 Å². The quantitative estimate of drug-likeness (QED) is 0.342. The zero-order chi connectivity index (χ0) is 25.0. The highest BCUT2D eigenvalue weighted by molar-refractivity contribution is 6.03. The molecule has 2 aliphatic rings. The Morgan fingerprint density at radius 2 is 1.91 bits per heavy atom. The minimum absolute atomic E-state index is 0.352. The van der Waals surface area contributed by atoms with Crippen molar-refractivity contribution in [2.24, 2.45) is 10.4 Å². The van der Waals surface area contributed by atoms with E-state index in [1.807, 2.05) is 24.4 Å². The highest BCUT2D eigenvalue weighted by Gasteiger charge is 2.43. The van der Waals surface area contributed by atoms with Gasteiger partial charge in [-0.2, -0.15) is 5.26 Å². The van der Waals surface area contributed by atoms with E-state index in [4.69, 9.17) is 10.3 Å². The molecule has 184 valence electrons. The van der Waals surface area contributed by atoms with Crippen LogP contribution in [0, 0.1) is 16.7 Å². The summed E-state index contributed by atoms with van der Waals surface area (Å²) >= 11 is 0. The second kappa shape index (κ2) is 13.9. The lowest BCUT2D eigenvalue weighted by Crippen LogP contribution is -2.43. The maximum Gasteiger partial charge on any atom is 0.0991 e. The van der Waals surface area contributed by atoms with Gasteiger partial charge in [0.2, 0.25) is 0 Å². The molecule has 0 atom stereocenters. The Kier molecular flexibility index (Phi) is 11.3. The van der Waals surface area contributed by atoms with Gasteiger partial charge in [-0.1, -0.05) is 51.5 Å². The number of rotatable bonds is 8. The molecule has 0 amide bonds. The van der Waals surface area contributed by atoms with Gasteiger partial charge in [-0.25, -0.2) is 0 Å². The maximum absolute atomic E-state index is 8.58. The molecular weight excluding hydrogens is 416 g/mol. The summed E-state index contributed by atoms with van der Waals surface area (Å²) in [5.74, 6) is 0. The van der Waals surface area contributed by atoms with Crippen LogP contribution < -0.4 is 5.32 Å². The number of benzene rings is 1. The Bertz CT molecular complexity index is 948. The SMILES string of the molecule is CCCc1cccc(C#N)c1.C\C=C(C(/C(C)=N/C=C/CC)=C(/C)N1CCNCC1)\C1(C)CC1. The number of aryl methyl sites for hydroxylation is 1. The third kappa shape index (κ3) is 7.99. The zero-order valence-electron chi connectivity index (χ0n) is 22.2. The van der Waals surface area contributed by atoms with E-state index in [1.165, 1.54) is 35.2 Å². The fraction of sp³-hybridized carbons (Fsp3) is 0.533. The van der Waals surface area contributed by atoms with Crippen LogP contribution in [0.4, 0.5) is 0 Å². The lowest BCUT2D eigenvalue weighted by atomic mass is 9.87. The van der Waals surface area contributed by atoms with Gasteiger partial charge in [-0.05, 0) is 75.1 Å². The van der Waals surface area contributed by atoms with Crippen molar-refractivity contribution in [2.75, 3.05) is 26.2 Å². The summed E-state index contributed by atoms with van der Waals surface area (Å²) in [5.41, 5.74) is 7.76. The van der Waals surface area contributed by atoms with Crippen LogP contribution in [0.1, 0.15) is 78.4 Å². The number of nitrogens with zero attached hydrogens (tertiary/aromatic N) is 3. The van der Waals surface area contributed by atoms with Gasteiger partial charge in [0.1, 0.15) is 0 Å². The van der Waals surface area contributed by atoms with Gasteiger partial charge in [0.25, 0.3) is 0 Å². The minimum atomic E-state index is 0.352. The van der Waals surface area contributed by atoms with E-state index in [1.54, 1.807) is 0 Å². The van der Waals surface area contributed by atoms with Crippen LogP contribution in [0.5, 0.6) is 0 Å². The molecule has 1 aromatic carbocycles. The molecule has 2 fully saturated rings. The number of hydrogen-bond donors (Lipinski definition) is 1. The average Bonchev–Trinajstić information content (AvgIpc) is 3.61. The van der Waals surface area contributed by atoms with Crippen molar-refractivity contribution < 1.29 is 0 Å². The molecule has 0 unspecified atom stereocenters. The molecule has 0 radical (unpaired) electrons. The Morgan fingerprint density at radius 3 is 2.47 bits per heavy atom. The van der Waals surface area contributed by atoms with E-state index >= 15 is 0 Å². The smallest absolute Gasteiger partial charge is 0.0991 e. The van der Waals surface area contributed by atoms with Crippen LogP contribution in [0.25, 0.3) is 0 Å². The first-order valence-electron chi connectivity index (χ1n) is 12.9. The Morgan fingerprint density at radius 1 is 1.21 bits per heavy atom. The van der Waals surface area contributed by atoms with E-state index in [0.717, 1.165) is 56.7 Å². The lowest BCUT2D eigenvalue weighted by Gasteiger charge is -2.33. The molecular formula is C30H44N4. The molecule has 4 heteroatoms. The van der Waals surface area contributed by atoms with Crippen molar-refractivity contribution in [1.29, 1.82) is 5.26 Å². The van der Waals surface area contributed by atoms with Crippen LogP contribution in [0.2, 0.25) is 0 Å². The van der Waals surface area contributed by atoms with E-state index in [-0.39, 0.29) is 0 Å². The number of piperazine rings is 1. The summed E-state index contributed by atoms with van der Waals surface area (Å²) in [4.78, 5) is 7.25. The van der Waals surface area contributed by atoms with Crippen molar-refractivity contribution >= 4 is 5.71 Å². The molecule has 1 aliphatic carbocycles. The van der Waals surface area contributed by atoms with Gasteiger partial charge in [0, 0.05) is 49.4 Å². The lowest BCUT2D eigenvalue weighted by molar-refractivity contribution is 0.298. The fourth-order valence-electron chi connectivity index (χ4n) is 4.48. The average molecular weight is 461 g/mol. The van der Waals surface area contributed by atoms with Crippen LogP contribution >= 0.6 is 0 Å². The summed E-state index contributed by atoms with van der Waals surface area (Å²) < 4.78 is 0. The molecule has 1 heterocycles. The van der Waals surface area contributed by atoms with Crippen LogP contribution in [0.15, 0.2) is 64.5 Å².